The lowest BCUT2D eigenvalue weighted by Crippen LogP contribution is -2.15. The molecular formula is C16H12N2O5S. The molecule has 0 radical (unpaired) electrons. The molecule has 122 valence electrons. The van der Waals surface area contributed by atoms with E-state index in [0.717, 1.165) is 10.2 Å². The number of rotatable bonds is 6. The van der Waals surface area contributed by atoms with E-state index in [1.807, 2.05) is 24.3 Å². The number of para-hydroxylation sites is 3. The number of nitro benzene ring substituents is 1. The van der Waals surface area contributed by atoms with Crippen LogP contribution in [0.1, 0.15) is 5.01 Å². The van der Waals surface area contributed by atoms with E-state index in [2.05, 4.69) is 4.98 Å². The number of aromatic nitrogens is 1. The fourth-order valence-electron chi connectivity index (χ4n) is 2.03. The van der Waals surface area contributed by atoms with Crippen LogP contribution in [0, 0.1) is 10.1 Å². The quantitative estimate of drug-likeness (QED) is 0.387. The number of fused-ring (bicyclic) bond motifs is 1. The Hall–Kier alpha value is -3.00. The number of hydrogen-bond donors (Lipinski definition) is 0. The third-order valence-corrected chi connectivity index (χ3v) is 4.11. The topological polar surface area (TPSA) is 91.6 Å². The highest BCUT2D eigenvalue weighted by Gasteiger charge is 2.15. The summed E-state index contributed by atoms with van der Waals surface area (Å²) in [6.45, 7) is -0.367. The van der Waals surface area contributed by atoms with Crippen molar-refractivity contribution in [2.75, 3.05) is 6.61 Å². The van der Waals surface area contributed by atoms with Gasteiger partial charge in [0.25, 0.3) is 0 Å². The lowest BCUT2D eigenvalue weighted by atomic mass is 10.3. The largest absolute Gasteiger partial charge is 0.475 e. The molecule has 1 aromatic heterocycles. The van der Waals surface area contributed by atoms with Gasteiger partial charge in [0.2, 0.25) is 0 Å². The van der Waals surface area contributed by atoms with Gasteiger partial charge in [-0.25, -0.2) is 9.78 Å². The Bertz CT molecular complexity index is 860. The monoisotopic (exact) mass is 344 g/mol. The molecule has 0 N–H and O–H groups in total. The van der Waals surface area contributed by atoms with Gasteiger partial charge in [0.1, 0.15) is 11.6 Å². The lowest BCUT2D eigenvalue weighted by molar-refractivity contribution is -0.385. The molecule has 7 nitrogen and oxygen atoms in total. The average molecular weight is 344 g/mol. The Balaban J connectivity index is 1.55. The van der Waals surface area contributed by atoms with Gasteiger partial charge in [-0.2, -0.15) is 0 Å². The van der Waals surface area contributed by atoms with Crippen molar-refractivity contribution in [1.29, 1.82) is 0 Å². The van der Waals surface area contributed by atoms with Gasteiger partial charge >= 0.3 is 11.7 Å². The summed E-state index contributed by atoms with van der Waals surface area (Å²) in [5.41, 5.74) is 0.654. The first kappa shape index (κ1) is 15.9. The van der Waals surface area contributed by atoms with Crippen LogP contribution < -0.4 is 4.74 Å². The summed E-state index contributed by atoms with van der Waals surface area (Å²) in [6, 6.07) is 13.5. The molecule has 0 bridgehead atoms. The molecule has 0 spiro atoms. The molecular weight excluding hydrogens is 332 g/mol. The Morgan fingerprint density at radius 2 is 1.92 bits per heavy atom. The summed E-state index contributed by atoms with van der Waals surface area (Å²) in [6.07, 6.45) is 0. The van der Waals surface area contributed by atoms with Gasteiger partial charge in [-0.3, -0.25) is 10.1 Å². The second-order valence-corrected chi connectivity index (χ2v) is 5.86. The zero-order chi connectivity index (χ0) is 16.9. The van der Waals surface area contributed by atoms with Crippen LogP contribution in [0.15, 0.2) is 48.5 Å². The van der Waals surface area contributed by atoms with E-state index in [0.29, 0.717) is 5.01 Å². The molecule has 8 heteroatoms. The van der Waals surface area contributed by atoms with E-state index >= 15 is 0 Å². The maximum atomic E-state index is 11.7. The minimum absolute atomic E-state index is 0.0273. The first-order valence-corrected chi connectivity index (χ1v) is 7.81. The summed E-state index contributed by atoms with van der Waals surface area (Å²) in [5.74, 6) is -0.591. The zero-order valence-electron chi connectivity index (χ0n) is 12.4. The second kappa shape index (κ2) is 7.05. The van der Waals surface area contributed by atoms with Crippen molar-refractivity contribution in [2.45, 2.75) is 6.61 Å². The van der Waals surface area contributed by atoms with E-state index in [1.54, 1.807) is 6.07 Å². The number of carbonyl (C=O) groups is 1. The van der Waals surface area contributed by atoms with Crippen LogP contribution in [-0.2, 0) is 16.1 Å². The van der Waals surface area contributed by atoms with Crippen LogP contribution >= 0.6 is 11.3 Å². The van der Waals surface area contributed by atoms with E-state index in [1.165, 1.54) is 29.5 Å². The van der Waals surface area contributed by atoms with Crippen LogP contribution in [0.4, 0.5) is 5.69 Å². The van der Waals surface area contributed by atoms with Gasteiger partial charge in [0.15, 0.2) is 12.4 Å². The van der Waals surface area contributed by atoms with Crippen LogP contribution in [-0.4, -0.2) is 22.5 Å². The van der Waals surface area contributed by atoms with E-state index in [-0.39, 0.29) is 18.0 Å². The number of nitro groups is 1. The minimum atomic E-state index is -0.618. The van der Waals surface area contributed by atoms with Gasteiger partial charge in [-0.05, 0) is 18.2 Å². The molecule has 0 saturated heterocycles. The van der Waals surface area contributed by atoms with Crippen molar-refractivity contribution >= 4 is 33.2 Å². The summed E-state index contributed by atoms with van der Waals surface area (Å²) in [7, 11) is 0. The fourth-order valence-corrected chi connectivity index (χ4v) is 2.91. The van der Waals surface area contributed by atoms with E-state index in [4.69, 9.17) is 9.47 Å². The van der Waals surface area contributed by atoms with Gasteiger partial charge < -0.3 is 9.47 Å². The number of esters is 1. The molecule has 0 aliphatic heterocycles. The maximum Gasteiger partial charge on any atom is 0.344 e. The number of nitrogens with zero attached hydrogens (tertiary/aromatic N) is 2. The summed E-state index contributed by atoms with van der Waals surface area (Å²) in [4.78, 5) is 26.4. The third kappa shape index (κ3) is 3.66. The molecule has 3 aromatic rings. The Morgan fingerprint density at radius 1 is 1.17 bits per heavy atom. The SMILES string of the molecule is O=C(COc1ccccc1[N+](=O)[O-])OCc1nc2ccccc2s1. The van der Waals surface area contributed by atoms with Crippen molar-refractivity contribution in [3.05, 3.63) is 63.7 Å². The molecule has 0 atom stereocenters. The highest BCUT2D eigenvalue weighted by atomic mass is 32.1. The van der Waals surface area contributed by atoms with E-state index in [9.17, 15) is 14.9 Å². The van der Waals surface area contributed by atoms with Crippen LogP contribution in [0.2, 0.25) is 0 Å². The molecule has 3 rings (SSSR count). The molecule has 0 unspecified atom stereocenters. The van der Waals surface area contributed by atoms with Gasteiger partial charge in [-0.1, -0.05) is 24.3 Å². The summed E-state index contributed by atoms with van der Waals surface area (Å²) in [5, 5.41) is 11.5. The van der Waals surface area contributed by atoms with Crippen LogP contribution in [0.3, 0.4) is 0 Å². The number of benzene rings is 2. The van der Waals surface area contributed by atoms with Crippen molar-refractivity contribution < 1.29 is 19.2 Å². The van der Waals surface area contributed by atoms with Gasteiger partial charge in [0.05, 0.1) is 15.1 Å². The normalized spacial score (nSPS) is 10.5. The second-order valence-electron chi connectivity index (χ2n) is 4.75. The average Bonchev–Trinajstić information content (AvgIpc) is 3.01. The fraction of sp³-hybridized carbons (Fsp3) is 0.125. The minimum Gasteiger partial charge on any atom is -0.475 e. The van der Waals surface area contributed by atoms with Crippen LogP contribution in [0.5, 0.6) is 5.75 Å². The first-order valence-electron chi connectivity index (χ1n) is 7.00. The summed E-state index contributed by atoms with van der Waals surface area (Å²) < 4.78 is 11.3. The Morgan fingerprint density at radius 3 is 2.71 bits per heavy atom. The molecule has 0 fully saturated rings. The van der Waals surface area contributed by atoms with E-state index < -0.39 is 17.5 Å². The number of carbonyl (C=O) groups excluding carboxylic acids is 1. The number of thiazole rings is 1. The van der Waals surface area contributed by atoms with Gasteiger partial charge in [-0.15, -0.1) is 11.3 Å². The maximum absolute atomic E-state index is 11.7. The number of ether oxygens (including phenoxy) is 2. The molecule has 2 aromatic carbocycles. The van der Waals surface area contributed by atoms with Crippen molar-refractivity contribution in [2.24, 2.45) is 0 Å². The molecule has 0 saturated carbocycles. The standard InChI is InChI=1S/C16H12N2O5S/c19-16(10-22-13-7-3-2-6-12(13)18(20)21)23-9-15-17-11-5-1-4-8-14(11)24-15/h1-8H,9-10H2. The van der Waals surface area contributed by atoms with Crippen molar-refractivity contribution in [3.8, 4) is 5.75 Å². The highest BCUT2D eigenvalue weighted by Crippen LogP contribution is 2.26. The number of hydrogen-bond acceptors (Lipinski definition) is 7. The third-order valence-electron chi connectivity index (χ3n) is 3.10. The predicted octanol–water partition coefficient (Wildman–Crippen LogP) is 3.33. The zero-order valence-corrected chi connectivity index (χ0v) is 13.2. The van der Waals surface area contributed by atoms with Crippen molar-refractivity contribution in [3.63, 3.8) is 0 Å². The highest BCUT2D eigenvalue weighted by molar-refractivity contribution is 7.18. The Kier molecular flexibility index (Phi) is 4.66. The molecule has 0 aliphatic rings. The molecule has 1 heterocycles. The summed E-state index contributed by atoms with van der Waals surface area (Å²) >= 11 is 1.44. The molecule has 0 aliphatic carbocycles. The first-order chi connectivity index (χ1) is 11.6. The van der Waals surface area contributed by atoms with Crippen molar-refractivity contribution in [1.82, 2.24) is 4.98 Å². The predicted molar refractivity (Wildman–Crippen MR) is 88.0 cm³/mol. The molecule has 24 heavy (non-hydrogen) atoms. The lowest BCUT2D eigenvalue weighted by Gasteiger charge is -2.06. The smallest absolute Gasteiger partial charge is 0.344 e. The van der Waals surface area contributed by atoms with Gasteiger partial charge in [0, 0.05) is 6.07 Å². The van der Waals surface area contributed by atoms with Crippen LogP contribution in [0.25, 0.3) is 10.2 Å². The Labute approximate surface area is 140 Å². The molecule has 0 amide bonds.